The van der Waals surface area contributed by atoms with E-state index in [9.17, 15) is 0 Å². The van der Waals surface area contributed by atoms with Crippen LogP contribution in [-0.4, -0.2) is 36.0 Å². The molecule has 1 atom stereocenters. The molecule has 17 heavy (non-hydrogen) atoms. The van der Waals surface area contributed by atoms with Crippen molar-refractivity contribution >= 4 is 11.8 Å². The van der Waals surface area contributed by atoms with Crippen molar-refractivity contribution in [3.63, 3.8) is 0 Å². The summed E-state index contributed by atoms with van der Waals surface area (Å²) in [5.41, 5.74) is 2.82. The van der Waals surface area contributed by atoms with Crippen LogP contribution in [0.4, 0.5) is 0 Å². The Morgan fingerprint density at radius 1 is 1.41 bits per heavy atom. The lowest BCUT2D eigenvalue weighted by Gasteiger charge is -2.30. The number of nitrogens with one attached hydrogen (secondary N) is 1. The van der Waals surface area contributed by atoms with Crippen LogP contribution in [0.25, 0.3) is 0 Å². The fourth-order valence-electron chi connectivity index (χ4n) is 2.33. The van der Waals surface area contributed by atoms with E-state index in [-0.39, 0.29) is 0 Å². The van der Waals surface area contributed by atoms with Gasteiger partial charge in [0.2, 0.25) is 0 Å². The molecule has 0 spiro atoms. The third-order valence-electron chi connectivity index (χ3n) is 3.10. The van der Waals surface area contributed by atoms with E-state index in [4.69, 9.17) is 0 Å². The maximum absolute atomic E-state index is 3.20. The average molecular weight is 250 g/mol. The van der Waals surface area contributed by atoms with Crippen LogP contribution >= 0.6 is 11.8 Å². The smallest absolute Gasteiger partial charge is 0.0234 e. The molecule has 1 unspecified atom stereocenters. The summed E-state index contributed by atoms with van der Waals surface area (Å²) < 4.78 is 0. The first-order chi connectivity index (χ1) is 8.28. The minimum atomic E-state index is 0.782. The van der Waals surface area contributed by atoms with Gasteiger partial charge in [-0.15, -0.1) is 0 Å². The van der Waals surface area contributed by atoms with Gasteiger partial charge in [-0.1, -0.05) is 31.2 Å². The zero-order valence-electron chi connectivity index (χ0n) is 10.8. The first kappa shape index (κ1) is 12.9. The van der Waals surface area contributed by atoms with Gasteiger partial charge in [-0.3, -0.25) is 4.90 Å². The maximum atomic E-state index is 3.20. The van der Waals surface area contributed by atoms with Crippen molar-refractivity contribution in [1.82, 2.24) is 10.2 Å². The maximum Gasteiger partial charge on any atom is 0.0234 e. The number of rotatable bonds is 4. The summed E-state index contributed by atoms with van der Waals surface area (Å²) in [6, 6.07) is 8.92. The van der Waals surface area contributed by atoms with Crippen LogP contribution < -0.4 is 5.32 Å². The molecule has 1 aromatic rings. The number of hydrogen-bond donors (Lipinski definition) is 1. The average Bonchev–Trinajstić information content (AvgIpc) is 2.30. The van der Waals surface area contributed by atoms with E-state index in [2.05, 4.69) is 53.2 Å². The van der Waals surface area contributed by atoms with E-state index < -0.39 is 0 Å². The van der Waals surface area contributed by atoms with Crippen LogP contribution in [-0.2, 0) is 13.1 Å². The Balaban J connectivity index is 1.95. The topological polar surface area (TPSA) is 15.3 Å². The zero-order valence-corrected chi connectivity index (χ0v) is 11.6. The quantitative estimate of drug-likeness (QED) is 0.883. The van der Waals surface area contributed by atoms with Crippen molar-refractivity contribution < 1.29 is 0 Å². The fourth-order valence-corrected chi connectivity index (χ4v) is 3.42. The van der Waals surface area contributed by atoms with E-state index in [0.717, 1.165) is 18.3 Å². The predicted molar refractivity (Wildman–Crippen MR) is 76.4 cm³/mol. The van der Waals surface area contributed by atoms with Crippen LogP contribution in [0.2, 0.25) is 0 Å². The highest BCUT2D eigenvalue weighted by Crippen LogP contribution is 2.19. The monoisotopic (exact) mass is 250 g/mol. The Kier molecular flexibility index (Phi) is 4.89. The molecule has 2 nitrogen and oxygen atoms in total. The largest absolute Gasteiger partial charge is 0.316 e. The standard InChI is InChI=1S/C14H22N2S/c1-12-10-16(6-7-17-12)11-14-5-3-4-13(8-14)9-15-2/h3-5,8,12,15H,6-7,9-11H2,1-2H3. The lowest BCUT2D eigenvalue weighted by atomic mass is 10.1. The SMILES string of the molecule is CNCc1cccc(CN2CCSC(C)C2)c1. The molecule has 3 heteroatoms. The summed E-state index contributed by atoms with van der Waals surface area (Å²) >= 11 is 2.09. The molecule has 0 saturated carbocycles. The van der Waals surface area contributed by atoms with E-state index in [1.165, 1.54) is 30.0 Å². The van der Waals surface area contributed by atoms with Crippen LogP contribution in [0.3, 0.4) is 0 Å². The van der Waals surface area contributed by atoms with E-state index in [1.807, 2.05) is 7.05 Å². The molecule has 0 amide bonds. The van der Waals surface area contributed by atoms with Gasteiger partial charge in [-0.05, 0) is 18.2 Å². The lowest BCUT2D eigenvalue weighted by molar-refractivity contribution is 0.278. The molecule has 1 heterocycles. The minimum absolute atomic E-state index is 0.782. The molecular weight excluding hydrogens is 228 g/mol. The van der Waals surface area contributed by atoms with Gasteiger partial charge in [-0.25, -0.2) is 0 Å². The van der Waals surface area contributed by atoms with Crippen LogP contribution in [0.5, 0.6) is 0 Å². The Bertz CT molecular complexity index is 354. The number of benzene rings is 1. The van der Waals surface area contributed by atoms with Gasteiger partial charge in [0.15, 0.2) is 0 Å². The van der Waals surface area contributed by atoms with Gasteiger partial charge in [0.25, 0.3) is 0 Å². The van der Waals surface area contributed by atoms with Gasteiger partial charge < -0.3 is 5.32 Å². The second-order valence-electron chi connectivity index (χ2n) is 4.77. The lowest BCUT2D eigenvalue weighted by Crippen LogP contribution is -2.36. The molecule has 1 aliphatic heterocycles. The minimum Gasteiger partial charge on any atom is -0.316 e. The Labute approximate surface area is 109 Å². The molecular formula is C14H22N2S. The first-order valence-electron chi connectivity index (χ1n) is 6.34. The summed E-state index contributed by atoms with van der Waals surface area (Å²) in [5, 5.41) is 3.99. The van der Waals surface area contributed by atoms with Gasteiger partial charge in [-0.2, -0.15) is 11.8 Å². The van der Waals surface area contributed by atoms with Crippen molar-refractivity contribution in [2.24, 2.45) is 0 Å². The summed E-state index contributed by atoms with van der Waals surface area (Å²) in [6.45, 7) is 6.84. The van der Waals surface area contributed by atoms with Crippen molar-refractivity contribution in [2.75, 3.05) is 25.9 Å². The highest BCUT2D eigenvalue weighted by atomic mass is 32.2. The summed E-state index contributed by atoms with van der Waals surface area (Å²) in [5.74, 6) is 1.28. The Hall–Kier alpha value is -0.510. The van der Waals surface area contributed by atoms with Crippen LogP contribution in [0.1, 0.15) is 18.1 Å². The summed E-state index contributed by atoms with van der Waals surface area (Å²) in [4.78, 5) is 2.57. The van der Waals surface area contributed by atoms with Crippen molar-refractivity contribution in [3.8, 4) is 0 Å². The van der Waals surface area contributed by atoms with E-state index >= 15 is 0 Å². The number of hydrogen-bond acceptors (Lipinski definition) is 3. The zero-order chi connectivity index (χ0) is 12.1. The van der Waals surface area contributed by atoms with E-state index in [1.54, 1.807) is 0 Å². The molecule has 0 bridgehead atoms. The molecule has 1 aromatic carbocycles. The molecule has 1 saturated heterocycles. The van der Waals surface area contributed by atoms with Gasteiger partial charge >= 0.3 is 0 Å². The molecule has 1 N–H and O–H groups in total. The van der Waals surface area contributed by atoms with Gasteiger partial charge in [0.1, 0.15) is 0 Å². The van der Waals surface area contributed by atoms with Crippen LogP contribution in [0.15, 0.2) is 24.3 Å². The normalized spacial score (nSPS) is 21.6. The third-order valence-corrected chi connectivity index (χ3v) is 4.24. The Morgan fingerprint density at radius 2 is 2.24 bits per heavy atom. The molecule has 1 aliphatic rings. The predicted octanol–water partition coefficient (Wildman–Crippen LogP) is 2.34. The summed E-state index contributed by atoms with van der Waals surface area (Å²) in [7, 11) is 2.00. The van der Waals surface area contributed by atoms with E-state index in [0.29, 0.717) is 0 Å². The highest BCUT2D eigenvalue weighted by Gasteiger charge is 2.16. The Morgan fingerprint density at radius 3 is 3.00 bits per heavy atom. The molecule has 0 aromatic heterocycles. The van der Waals surface area contributed by atoms with Gasteiger partial charge in [0, 0.05) is 37.2 Å². The van der Waals surface area contributed by atoms with Crippen molar-refractivity contribution in [2.45, 2.75) is 25.3 Å². The summed E-state index contributed by atoms with van der Waals surface area (Å²) in [6.07, 6.45) is 0. The van der Waals surface area contributed by atoms with Crippen molar-refractivity contribution in [3.05, 3.63) is 35.4 Å². The van der Waals surface area contributed by atoms with Crippen molar-refractivity contribution in [1.29, 1.82) is 0 Å². The second-order valence-corrected chi connectivity index (χ2v) is 6.31. The molecule has 2 rings (SSSR count). The molecule has 0 radical (unpaired) electrons. The molecule has 94 valence electrons. The number of nitrogens with zero attached hydrogens (tertiary/aromatic N) is 1. The first-order valence-corrected chi connectivity index (χ1v) is 7.39. The highest BCUT2D eigenvalue weighted by molar-refractivity contribution is 7.99. The fraction of sp³-hybridized carbons (Fsp3) is 0.571. The number of thioether (sulfide) groups is 1. The molecule has 0 aliphatic carbocycles. The second kappa shape index (κ2) is 6.43. The molecule has 1 fully saturated rings. The third kappa shape index (κ3) is 4.02. The van der Waals surface area contributed by atoms with Crippen LogP contribution in [0, 0.1) is 0 Å². The van der Waals surface area contributed by atoms with Gasteiger partial charge in [0.05, 0.1) is 0 Å².